The Balaban J connectivity index is 1.65. The number of nitrogens with zero attached hydrogens (tertiary/aromatic N) is 1. The Hall–Kier alpha value is -2.81. The molecule has 1 heterocycles. The third kappa shape index (κ3) is 7.14. The number of esters is 1. The van der Waals surface area contributed by atoms with Crippen molar-refractivity contribution in [2.75, 3.05) is 26.0 Å². The van der Waals surface area contributed by atoms with E-state index in [-0.39, 0.29) is 24.7 Å². The Bertz CT molecular complexity index is 782. The normalized spacial score (nSPS) is 10.3. The monoisotopic (exact) mass is 394 g/mol. The number of benzene rings is 1. The molecule has 0 radical (unpaired) electrons. The van der Waals surface area contributed by atoms with Gasteiger partial charge in [0, 0.05) is 11.9 Å². The first-order valence-electron chi connectivity index (χ1n) is 8.01. The van der Waals surface area contributed by atoms with Gasteiger partial charge in [-0.05, 0) is 24.3 Å². The lowest BCUT2D eigenvalue weighted by Crippen LogP contribution is -2.40. The Labute approximate surface area is 159 Å². The molecule has 2 amide bonds. The molecule has 0 spiro atoms. The van der Waals surface area contributed by atoms with E-state index >= 15 is 0 Å². The number of furan rings is 1. The van der Waals surface area contributed by atoms with E-state index in [9.17, 15) is 18.8 Å². The van der Waals surface area contributed by atoms with Crippen LogP contribution in [0.25, 0.3) is 0 Å². The molecule has 27 heavy (non-hydrogen) atoms. The van der Waals surface area contributed by atoms with E-state index in [1.165, 1.54) is 19.4 Å². The summed E-state index contributed by atoms with van der Waals surface area (Å²) in [4.78, 5) is 36.9. The van der Waals surface area contributed by atoms with Crippen LogP contribution < -0.4 is 5.32 Å². The second-order valence-corrected chi connectivity index (χ2v) is 6.50. The van der Waals surface area contributed by atoms with Gasteiger partial charge in [0.25, 0.3) is 5.91 Å². The summed E-state index contributed by atoms with van der Waals surface area (Å²) in [5.41, 5.74) is 0. The average molecular weight is 394 g/mol. The molecule has 0 atom stereocenters. The van der Waals surface area contributed by atoms with Crippen molar-refractivity contribution >= 4 is 29.5 Å². The van der Waals surface area contributed by atoms with Crippen LogP contribution in [0.15, 0.2) is 52.0 Å². The van der Waals surface area contributed by atoms with Gasteiger partial charge in [-0.1, -0.05) is 12.1 Å². The number of amides is 2. The minimum atomic E-state index is -0.646. The van der Waals surface area contributed by atoms with Gasteiger partial charge in [0.05, 0.1) is 25.1 Å². The SMILES string of the molecule is CN(CC(=O)NCc1ccco1)C(=O)COC(=O)CSc1ccccc1F. The largest absolute Gasteiger partial charge is 0.467 e. The number of nitrogens with one attached hydrogen (secondary N) is 1. The summed E-state index contributed by atoms with van der Waals surface area (Å²) in [6, 6.07) is 9.48. The van der Waals surface area contributed by atoms with Gasteiger partial charge in [-0.3, -0.25) is 14.4 Å². The summed E-state index contributed by atoms with van der Waals surface area (Å²) in [6.07, 6.45) is 1.50. The third-order valence-corrected chi connectivity index (χ3v) is 4.41. The summed E-state index contributed by atoms with van der Waals surface area (Å²) in [7, 11) is 1.43. The number of ether oxygens (including phenoxy) is 1. The molecule has 1 aromatic heterocycles. The van der Waals surface area contributed by atoms with Gasteiger partial charge in [-0.2, -0.15) is 0 Å². The third-order valence-electron chi connectivity index (χ3n) is 3.39. The molecule has 9 heteroatoms. The molecule has 0 aliphatic heterocycles. The highest BCUT2D eigenvalue weighted by Crippen LogP contribution is 2.20. The molecule has 0 aliphatic carbocycles. The summed E-state index contributed by atoms with van der Waals surface area (Å²) in [6.45, 7) is -0.449. The molecule has 1 aromatic carbocycles. The van der Waals surface area contributed by atoms with Gasteiger partial charge in [-0.15, -0.1) is 11.8 Å². The minimum Gasteiger partial charge on any atom is -0.467 e. The molecular formula is C18H19FN2O5S. The van der Waals surface area contributed by atoms with Crippen molar-refractivity contribution in [1.82, 2.24) is 10.2 Å². The number of hydrogen-bond donors (Lipinski definition) is 1. The zero-order valence-electron chi connectivity index (χ0n) is 14.6. The minimum absolute atomic E-state index is 0.123. The van der Waals surface area contributed by atoms with Crippen molar-refractivity contribution in [2.45, 2.75) is 11.4 Å². The molecule has 0 saturated carbocycles. The number of halogens is 1. The Morgan fingerprint density at radius 2 is 2.00 bits per heavy atom. The first kappa shape index (κ1) is 20.5. The van der Waals surface area contributed by atoms with Crippen LogP contribution in [0.2, 0.25) is 0 Å². The molecule has 0 bridgehead atoms. The standard InChI is InChI=1S/C18H19FN2O5S/c1-21(10-16(22)20-9-13-5-4-8-25-13)17(23)11-26-18(24)12-27-15-7-3-2-6-14(15)19/h2-8H,9-12H2,1H3,(H,20,22). The zero-order chi connectivity index (χ0) is 19.6. The van der Waals surface area contributed by atoms with Gasteiger partial charge in [0.15, 0.2) is 6.61 Å². The predicted octanol–water partition coefficient (Wildman–Crippen LogP) is 1.83. The van der Waals surface area contributed by atoms with Crippen molar-refractivity contribution in [3.05, 3.63) is 54.2 Å². The van der Waals surface area contributed by atoms with Crippen LogP contribution in [-0.4, -0.2) is 48.6 Å². The number of likely N-dealkylation sites (N-methyl/N-ethyl adjacent to an activating group) is 1. The van der Waals surface area contributed by atoms with Gasteiger partial charge < -0.3 is 19.4 Å². The highest BCUT2D eigenvalue weighted by atomic mass is 32.2. The fourth-order valence-electron chi connectivity index (χ4n) is 1.95. The maximum absolute atomic E-state index is 13.5. The van der Waals surface area contributed by atoms with Crippen molar-refractivity contribution < 1.29 is 27.9 Å². The molecule has 0 unspecified atom stereocenters. The fraction of sp³-hybridized carbons (Fsp3) is 0.278. The van der Waals surface area contributed by atoms with Crippen LogP contribution in [0.4, 0.5) is 4.39 Å². The van der Waals surface area contributed by atoms with E-state index < -0.39 is 24.3 Å². The van der Waals surface area contributed by atoms with Crippen LogP contribution >= 0.6 is 11.8 Å². The Kier molecular flexibility index (Phi) is 7.87. The van der Waals surface area contributed by atoms with E-state index in [2.05, 4.69) is 5.32 Å². The second kappa shape index (κ2) is 10.4. The first-order valence-corrected chi connectivity index (χ1v) is 9.00. The maximum atomic E-state index is 13.5. The number of rotatable bonds is 9. The molecule has 2 aromatic rings. The topological polar surface area (TPSA) is 88.8 Å². The summed E-state index contributed by atoms with van der Waals surface area (Å²) < 4.78 is 23.4. The zero-order valence-corrected chi connectivity index (χ0v) is 15.5. The van der Waals surface area contributed by atoms with Crippen molar-refractivity contribution in [3.8, 4) is 0 Å². The van der Waals surface area contributed by atoms with Crippen LogP contribution in [-0.2, 0) is 25.7 Å². The highest BCUT2D eigenvalue weighted by Gasteiger charge is 2.15. The summed E-state index contributed by atoms with van der Waals surface area (Å²) in [5, 5.41) is 2.61. The molecule has 144 valence electrons. The predicted molar refractivity (Wildman–Crippen MR) is 96.3 cm³/mol. The molecular weight excluding hydrogens is 375 g/mol. The van der Waals surface area contributed by atoms with Gasteiger partial charge in [0.2, 0.25) is 5.91 Å². The van der Waals surface area contributed by atoms with Crippen LogP contribution in [0.1, 0.15) is 5.76 Å². The number of carbonyl (C=O) groups is 3. The first-order chi connectivity index (χ1) is 13.0. The molecule has 0 fully saturated rings. The molecule has 0 saturated heterocycles. The van der Waals surface area contributed by atoms with Gasteiger partial charge in [-0.25, -0.2) is 4.39 Å². The van der Waals surface area contributed by atoms with Crippen molar-refractivity contribution in [2.24, 2.45) is 0 Å². The van der Waals surface area contributed by atoms with Crippen LogP contribution in [0, 0.1) is 5.82 Å². The number of hydrogen-bond acceptors (Lipinski definition) is 6. The molecule has 2 rings (SSSR count). The lowest BCUT2D eigenvalue weighted by Gasteiger charge is -2.16. The van der Waals surface area contributed by atoms with E-state index in [0.29, 0.717) is 10.7 Å². The Morgan fingerprint density at radius 3 is 2.70 bits per heavy atom. The molecule has 0 aliphatic rings. The lowest BCUT2D eigenvalue weighted by molar-refractivity contribution is -0.149. The fourth-order valence-corrected chi connectivity index (χ4v) is 2.69. The molecule has 7 nitrogen and oxygen atoms in total. The van der Waals surface area contributed by atoms with E-state index in [1.807, 2.05) is 0 Å². The van der Waals surface area contributed by atoms with Crippen molar-refractivity contribution in [1.29, 1.82) is 0 Å². The average Bonchev–Trinajstić information content (AvgIpc) is 3.17. The molecule has 1 N–H and O–H groups in total. The Morgan fingerprint density at radius 1 is 1.22 bits per heavy atom. The highest BCUT2D eigenvalue weighted by molar-refractivity contribution is 8.00. The van der Waals surface area contributed by atoms with E-state index in [4.69, 9.17) is 9.15 Å². The van der Waals surface area contributed by atoms with Crippen molar-refractivity contribution in [3.63, 3.8) is 0 Å². The van der Waals surface area contributed by atoms with Crippen LogP contribution in [0.5, 0.6) is 0 Å². The summed E-state index contributed by atoms with van der Waals surface area (Å²) in [5.74, 6) is -1.49. The van der Waals surface area contributed by atoms with E-state index in [0.717, 1.165) is 16.7 Å². The van der Waals surface area contributed by atoms with Crippen LogP contribution in [0.3, 0.4) is 0 Å². The van der Waals surface area contributed by atoms with Gasteiger partial charge >= 0.3 is 5.97 Å². The van der Waals surface area contributed by atoms with E-state index in [1.54, 1.807) is 30.3 Å². The lowest BCUT2D eigenvalue weighted by atomic mass is 10.3. The number of carbonyl (C=O) groups excluding carboxylic acids is 3. The summed E-state index contributed by atoms with van der Waals surface area (Å²) >= 11 is 0.984. The quantitative estimate of drug-likeness (QED) is 0.516. The number of thioether (sulfide) groups is 1. The maximum Gasteiger partial charge on any atom is 0.316 e. The van der Waals surface area contributed by atoms with Gasteiger partial charge in [0.1, 0.15) is 11.6 Å². The second-order valence-electron chi connectivity index (χ2n) is 5.49. The smallest absolute Gasteiger partial charge is 0.316 e.